The van der Waals surface area contributed by atoms with E-state index in [-0.39, 0.29) is 0 Å². The Morgan fingerprint density at radius 2 is 2.00 bits per heavy atom. The van der Waals surface area contributed by atoms with Gasteiger partial charge in [-0.15, -0.1) is 0 Å². The second-order valence-electron chi connectivity index (χ2n) is 2.88. The van der Waals surface area contributed by atoms with E-state index in [1.54, 1.807) is 0 Å². The van der Waals surface area contributed by atoms with E-state index >= 15 is 0 Å². The molecule has 2 aromatic carbocycles. The molecule has 0 unspecified atom stereocenters. The molecule has 0 radical (unpaired) electrons. The summed E-state index contributed by atoms with van der Waals surface area (Å²) < 4.78 is 6.06. The van der Waals surface area contributed by atoms with Crippen LogP contribution in [0.4, 0.5) is 0 Å². The van der Waals surface area contributed by atoms with Crippen LogP contribution in [0, 0.1) is 0 Å². The van der Waals surface area contributed by atoms with Crippen molar-refractivity contribution in [1.29, 1.82) is 0 Å². The molecule has 3 rings (SSSR count). The predicted molar refractivity (Wildman–Crippen MR) is 57.5 cm³/mol. The van der Waals surface area contributed by atoms with Crippen molar-refractivity contribution in [1.82, 2.24) is 3.98 Å². The van der Waals surface area contributed by atoms with Crippen LogP contribution in [0.1, 0.15) is 0 Å². The maximum atomic E-state index is 4.54. The number of fused-ring (bicyclic) bond motifs is 3. The van der Waals surface area contributed by atoms with E-state index in [1.807, 2.05) is 0 Å². The van der Waals surface area contributed by atoms with Gasteiger partial charge in [0.1, 0.15) is 0 Å². The molecule has 62 valence electrons. The summed E-state index contributed by atoms with van der Waals surface area (Å²) in [5.74, 6) is 0. The van der Waals surface area contributed by atoms with Gasteiger partial charge in [-0.25, -0.2) is 0 Å². The van der Waals surface area contributed by atoms with Crippen LogP contribution in [0.25, 0.3) is 20.5 Å². The van der Waals surface area contributed by atoms with Crippen molar-refractivity contribution in [2.24, 2.45) is 0 Å². The third kappa shape index (κ3) is 1.20. The van der Waals surface area contributed by atoms with E-state index in [2.05, 4.69) is 40.4 Å². The van der Waals surface area contributed by atoms with Gasteiger partial charge in [0.2, 0.25) is 0 Å². The van der Waals surface area contributed by atoms with Crippen molar-refractivity contribution < 1.29 is 0 Å². The fourth-order valence-electron chi connectivity index (χ4n) is 1.49. The van der Waals surface area contributed by atoms with Gasteiger partial charge in [0, 0.05) is 0 Å². The number of hydrogen-bond donors (Lipinski definition) is 0. The number of aromatic nitrogens is 1. The average Bonchev–Trinajstić information content (AvgIpc) is 2.65. The molecule has 0 spiro atoms. The molecular weight excluding hydrogens is 292 g/mol. The van der Waals surface area contributed by atoms with Gasteiger partial charge in [-0.2, -0.15) is 0 Å². The molecule has 13 heavy (non-hydrogen) atoms. The second-order valence-corrected chi connectivity index (χ2v) is 8.23. The van der Waals surface area contributed by atoms with E-state index in [9.17, 15) is 0 Å². The Balaban J connectivity index is 2.65. The Bertz CT molecular complexity index is 571. The number of rotatable bonds is 0. The standard InChI is InChI=1S/C10H6NSe2/c1-2-4-8-7(3-1)5-6-9-10(8)12-13-11-9/h1-6H/q+1. The average molecular weight is 298 g/mol. The molecule has 1 nitrogen and oxygen atoms in total. The summed E-state index contributed by atoms with van der Waals surface area (Å²) >= 11 is 1.14. The third-order valence-electron chi connectivity index (χ3n) is 2.12. The van der Waals surface area contributed by atoms with Crippen molar-refractivity contribution in [3.63, 3.8) is 0 Å². The topological polar surface area (TPSA) is 12.9 Å². The van der Waals surface area contributed by atoms with E-state index in [0.29, 0.717) is 25.5 Å². The van der Waals surface area contributed by atoms with E-state index in [0.717, 1.165) is 0 Å². The van der Waals surface area contributed by atoms with Crippen molar-refractivity contribution in [3.05, 3.63) is 36.4 Å². The van der Waals surface area contributed by atoms with Gasteiger partial charge < -0.3 is 0 Å². The van der Waals surface area contributed by atoms with Crippen LogP contribution in [0.15, 0.2) is 36.4 Å². The first kappa shape index (κ1) is 7.90. The molecule has 0 aliphatic heterocycles. The predicted octanol–water partition coefficient (Wildman–Crippen LogP) is 1.78. The Morgan fingerprint density at radius 1 is 1.08 bits per heavy atom. The first-order chi connectivity index (χ1) is 6.45. The Morgan fingerprint density at radius 3 is 3.00 bits per heavy atom. The molecule has 0 amide bonds. The van der Waals surface area contributed by atoms with Gasteiger partial charge in [0.15, 0.2) is 0 Å². The zero-order valence-electron chi connectivity index (χ0n) is 6.73. The summed E-state index contributed by atoms with van der Waals surface area (Å²) in [7, 11) is 0. The van der Waals surface area contributed by atoms with Gasteiger partial charge in [-0.3, -0.25) is 0 Å². The Kier molecular flexibility index (Phi) is 1.85. The quantitative estimate of drug-likeness (QED) is 0.577. The summed E-state index contributed by atoms with van der Waals surface area (Å²) in [5.41, 5.74) is 1.25. The number of nitrogens with zero attached hydrogens (tertiary/aromatic N) is 1. The van der Waals surface area contributed by atoms with E-state index < -0.39 is 0 Å². The van der Waals surface area contributed by atoms with Gasteiger partial charge in [0.05, 0.1) is 0 Å². The van der Waals surface area contributed by atoms with Crippen molar-refractivity contribution in [2.45, 2.75) is 0 Å². The van der Waals surface area contributed by atoms with Crippen LogP contribution in [-0.4, -0.2) is 29.5 Å². The summed E-state index contributed by atoms with van der Waals surface area (Å²) in [6.07, 6.45) is 0. The van der Waals surface area contributed by atoms with Crippen LogP contribution in [0.5, 0.6) is 0 Å². The number of benzene rings is 2. The zero-order valence-corrected chi connectivity index (χ0v) is 10.2. The summed E-state index contributed by atoms with van der Waals surface area (Å²) in [5, 5.41) is 2.78. The van der Waals surface area contributed by atoms with Crippen LogP contribution in [0.2, 0.25) is 0 Å². The molecule has 1 heterocycles. The Labute approximate surface area is 86.3 Å². The van der Waals surface area contributed by atoms with Crippen molar-refractivity contribution >= 4 is 46.0 Å². The minimum absolute atomic E-state index is 0.513. The monoisotopic (exact) mass is 300 g/mol. The SMILES string of the molecule is c1ccc2c(c1)ccc1n[se][se+]c12. The molecule has 0 bridgehead atoms. The Hall–Kier alpha value is -0.461. The van der Waals surface area contributed by atoms with Crippen molar-refractivity contribution in [3.8, 4) is 0 Å². The molecule has 0 saturated heterocycles. The molecule has 0 fully saturated rings. The summed E-state index contributed by atoms with van der Waals surface area (Å²) in [4.78, 5) is 0. The maximum absolute atomic E-state index is 4.54. The normalized spacial score (nSPS) is 11.1. The van der Waals surface area contributed by atoms with Gasteiger partial charge in [0.25, 0.3) is 0 Å². The fourth-order valence-corrected chi connectivity index (χ4v) is 7.50. The fraction of sp³-hybridized carbons (Fsp3) is 0. The first-order valence-corrected chi connectivity index (χ1v) is 9.97. The van der Waals surface area contributed by atoms with Crippen LogP contribution in [0.3, 0.4) is 0 Å². The second kappa shape index (κ2) is 3.04. The molecule has 3 aromatic rings. The van der Waals surface area contributed by atoms with Gasteiger partial charge >= 0.3 is 86.4 Å². The molecule has 3 heteroatoms. The molecule has 0 atom stereocenters. The molecular formula is C10H6NSe2+. The third-order valence-corrected chi connectivity index (χ3v) is 7.53. The molecule has 0 saturated carbocycles. The van der Waals surface area contributed by atoms with Crippen LogP contribution >= 0.6 is 0 Å². The molecule has 0 N–H and O–H groups in total. The zero-order chi connectivity index (χ0) is 8.67. The number of hydrogen-bond acceptors (Lipinski definition) is 1. The van der Waals surface area contributed by atoms with E-state index in [4.69, 9.17) is 0 Å². The molecule has 1 aromatic heterocycles. The molecule has 0 aliphatic rings. The van der Waals surface area contributed by atoms with E-state index in [1.165, 1.54) is 20.5 Å². The van der Waals surface area contributed by atoms with Gasteiger partial charge in [-0.1, -0.05) is 0 Å². The minimum atomic E-state index is 0.513. The van der Waals surface area contributed by atoms with Crippen LogP contribution in [-0.2, 0) is 0 Å². The molecule has 0 aliphatic carbocycles. The summed E-state index contributed by atoms with van der Waals surface area (Å²) in [6.45, 7) is 0. The summed E-state index contributed by atoms with van der Waals surface area (Å²) in [6, 6.07) is 12.9. The first-order valence-electron chi connectivity index (χ1n) is 4.02. The van der Waals surface area contributed by atoms with Crippen LogP contribution < -0.4 is 0 Å². The van der Waals surface area contributed by atoms with Gasteiger partial charge in [-0.05, 0) is 0 Å². The van der Waals surface area contributed by atoms with Crippen molar-refractivity contribution in [2.75, 3.05) is 0 Å².